The minimum atomic E-state index is -0.506. The van der Waals surface area contributed by atoms with Crippen LogP contribution in [0, 0.1) is 5.92 Å². The number of anilines is 1. The third-order valence-corrected chi connectivity index (χ3v) is 4.92. The lowest BCUT2D eigenvalue weighted by molar-refractivity contribution is -0.114. The Hall–Kier alpha value is -2.18. The van der Waals surface area contributed by atoms with Crippen molar-refractivity contribution in [3.63, 3.8) is 0 Å². The molecule has 2 aromatic rings. The number of hydrogen-bond donors (Lipinski definition) is 2. The molecule has 1 amide bonds. The highest BCUT2D eigenvalue weighted by Gasteiger charge is 2.28. The number of piperidine rings is 1. The van der Waals surface area contributed by atoms with Gasteiger partial charge in [0.1, 0.15) is 11.9 Å². The number of nitrogens with one attached hydrogen (secondary N) is 1. The molecule has 2 heterocycles. The van der Waals surface area contributed by atoms with E-state index in [0.717, 1.165) is 49.6 Å². The number of aromatic nitrogens is 2. The number of likely N-dealkylation sites (tertiary alicyclic amines) is 1. The van der Waals surface area contributed by atoms with Crippen LogP contribution in [0.25, 0.3) is 0 Å². The van der Waals surface area contributed by atoms with E-state index in [-0.39, 0.29) is 11.8 Å². The van der Waals surface area contributed by atoms with Gasteiger partial charge in [-0.1, -0.05) is 18.2 Å². The zero-order valence-electron chi connectivity index (χ0n) is 14.9. The summed E-state index contributed by atoms with van der Waals surface area (Å²) in [7, 11) is 1.92. The molecule has 3 rings (SSSR count). The van der Waals surface area contributed by atoms with Crippen LogP contribution in [-0.2, 0) is 18.4 Å². The maximum Gasteiger partial charge on any atom is 0.221 e. The molecule has 0 saturated carbocycles. The van der Waals surface area contributed by atoms with Crippen molar-refractivity contribution < 1.29 is 9.90 Å². The Kier molecular flexibility index (Phi) is 5.50. The lowest BCUT2D eigenvalue weighted by atomic mass is 9.90. The standard InChI is InChI=1S/C19H26N4O2/c1-14(24)21-17-6-4-3-5-16(17)13-23-10-7-15(8-11-23)18(25)19-20-9-12-22(19)2/h3-6,9,12,15,18,25H,7-8,10-11,13H2,1-2H3,(H,21,24)/t18-/m0/s1. The second-order valence-electron chi connectivity index (χ2n) is 6.79. The minimum absolute atomic E-state index is 0.0515. The molecule has 1 aliphatic rings. The number of rotatable bonds is 5. The van der Waals surface area contributed by atoms with E-state index in [1.807, 2.05) is 36.0 Å². The lowest BCUT2D eigenvalue weighted by Crippen LogP contribution is -2.35. The van der Waals surface area contributed by atoms with E-state index in [2.05, 4.69) is 21.3 Å². The first-order valence-corrected chi connectivity index (χ1v) is 8.77. The van der Waals surface area contributed by atoms with E-state index in [4.69, 9.17) is 0 Å². The Morgan fingerprint density at radius 3 is 2.72 bits per heavy atom. The predicted molar refractivity (Wildman–Crippen MR) is 96.9 cm³/mol. The van der Waals surface area contributed by atoms with Crippen molar-refractivity contribution in [2.24, 2.45) is 13.0 Å². The largest absolute Gasteiger partial charge is 0.385 e. The fraction of sp³-hybridized carbons (Fsp3) is 0.474. The number of benzene rings is 1. The first-order chi connectivity index (χ1) is 12.0. The summed E-state index contributed by atoms with van der Waals surface area (Å²) in [5.74, 6) is 0.932. The number of imidazole rings is 1. The first-order valence-electron chi connectivity index (χ1n) is 8.77. The van der Waals surface area contributed by atoms with Gasteiger partial charge in [-0.3, -0.25) is 9.69 Å². The summed E-state index contributed by atoms with van der Waals surface area (Å²) in [6.45, 7) is 4.20. The van der Waals surface area contributed by atoms with Crippen LogP contribution in [0.1, 0.15) is 37.3 Å². The second kappa shape index (κ2) is 7.80. The Morgan fingerprint density at radius 1 is 1.36 bits per heavy atom. The van der Waals surface area contributed by atoms with Crippen molar-refractivity contribution in [1.82, 2.24) is 14.5 Å². The number of aliphatic hydroxyl groups excluding tert-OH is 1. The molecule has 2 N–H and O–H groups in total. The highest BCUT2D eigenvalue weighted by atomic mass is 16.3. The summed E-state index contributed by atoms with van der Waals surface area (Å²) < 4.78 is 1.89. The van der Waals surface area contributed by atoms with E-state index >= 15 is 0 Å². The van der Waals surface area contributed by atoms with Crippen LogP contribution in [0.5, 0.6) is 0 Å². The Morgan fingerprint density at radius 2 is 2.08 bits per heavy atom. The van der Waals surface area contributed by atoms with Crippen molar-refractivity contribution in [1.29, 1.82) is 0 Å². The zero-order valence-corrected chi connectivity index (χ0v) is 14.9. The van der Waals surface area contributed by atoms with Crippen LogP contribution in [0.2, 0.25) is 0 Å². The molecule has 1 atom stereocenters. The fourth-order valence-electron chi connectivity index (χ4n) is 3.51. The molecule has 0 radical (unpaired) electrons. The van der Waals surface area contributed by atoms with Gasteiger partial charge in [-0.05, 0) is 43.5 Å². The van der Waals surface area contributed by atoms with Gasteiger partial charge in [-0.15, -0.1) is 0 Å². The number of aryl methyl sites for hydroxylation is 1. The summed E-state index contributed by atoms with van der Waals surface area (Å²) in [4.78, 5) is 18.0. The third kappa shape index (κ3) is 4.27. The molecule has 1 aromatic carbocycles. The van der Waals surface area contributed by atoms with Crippen molar-refractivity contribution in [3.05, 3.63) is 48.0 Å². The van der Waals surface area contributed by atoms with Gasteiger partial charge in [0.15, 0.2) is 0 Å². The maximum atomic E-state index is 11.4. The van der Waals surface area contributed by atoms with Gasteiger partial charge >= 0.3 is 0 Å². The van der Waals surface area contributed by atoms with Crippen LogP contribution < -0.4 is 5.32 Å². The summed E-state index contributed by atoms with van der Waals surface area (Å²) in [5, 5.41) is 13.5. The number of nitrogens with zero attached hydrogens (tertiary/aromatic N) is 3. The average Bonchev–Trinajstić information content (AvgIpc) is 3.02. The van der Waals surface area contributed by atoms with E-state index < -0.39 is 6.10 Å². The van der Waals surface area contributed by atoms with Gasteiger partial charge in [0, 0.05) is 38.6 Å². The molecule has 0 bridgehead atoms. The summed E-state index contributed by atoms with van der Waals surface area (Å²) in [5.41, 5.74) is 2.01. The highest BCUT2D eigenvalue weighted by Crippen LogP contribution is 2.30. The van der Waals surface area contributed by atoms with E-state index in [1.165, 1.54) is 6.92 Å². The van der Waals surface area contributed by atoms with Gasteiger partial charge < -0.3 is 15.0 Å². The first kappa shape index (κ1) is 17.6. The molecule has 1 saturated heterocycles. The van der Waals surface area contributed by atoms with Crippen molar-refractivity contribution in [3.8, 4) is 0 Å². The summed E-state index contributed by atoms with van der Waals surface area (Å²) >= 11 is 0. The van der Waals surface area contributed by atoms with Crippen molar-refractivity contribution >= 4 is 11.6 Å². The maximum absolute atomic E-state index is 11.4. The third-order valence-electron chi connectivity index (χ3n) is 4.92. The smallest absolute Gasteiger partial charge is 0.221 e. The molecule has 1 fully saturated rings. The molecule has 1 aromatic heterocycles. The van der Waals surface area contributed by atoms with E-state index in [9.17, 15) is 9.90 Å². The van der Waals surface area contributed by atoms with Gasteiger partial charge in [0.25, 0.3) is 0 Å². The van der Waals surface area contributed by atoms with Crippen LogP contribution in [-0.4, -0.2) is 38.6 Å². The van der Waals surface area contributed by atoms with Crippen LogP contribution in [0.4, 0.5) is 5.69 Å². The topological polar surface area (TPSA) is 70.4 Å². The van der Waals surface area contributed by atoms with E-state index in [0.29, 0.717) is 0 Å². The van der Waals surface area contributed by atoms with Gasteiger partial charge in [0.05, 0.1) is 0 Å². The predicted octanol–water partition coefficient (Wildman–Crippen LogP) is 2.32. The Labute approximate surface area is 148 Å². The monoisotopic (exact) mass is 342 g/mol. The number of amides is 1. The van der Waals surface area contributed by atoms with Crippen molar-refractivity contribution in [2.75, 3.05) is 18.4 Å². The van der Waals surface area contributed by atoms with Crippen LogP contribution >= 0.6 is 0 Å². The minimum Gasteiger partial charge on any atom is -0.385 e. The Bertz CT molecular complexity index is 720. The number of aliphatic hydroxyl groups is 1. The van der Waals surface area contributed by atoms with Gasteiger partial charge in [-0.2, -0.15) is 0 Å². The van der Waals surface area contributed by atoms with Gasteiger partial charge in [-0.25, -0.2) is 4.98 Å². The normalized spacial score (nSPS) is 17.4. The van der Waals surface area contributed by atoms with E-state index in [1.54, 1.807) is 6.20 Å². The van der Waals surface area contributed by atoms with Crippen LogP contribution in [0.15, 0.2) is 36.7 Å². The molecule has 0 aliphatic carbocycles. The average molecular weight is 342 g/mol. The SMILES string of the molecule is CC(=O)Nc1ccccc1CN1CCC([C@H](O)c2nccn2C)CC1. The highest BCUT2D eigenvalue weighted by molar-refractivity contribution is 5.89. The molecule has 6 nitrogen and oxygen atoms in total. The molecule has 0 unspecified atom stereocenters. The summed E-state index contributed by atoms with van der Waals surface area (Å²) in [6.07, 6.45) is 4.97. The molecule has 1 aliphatic heterocycles. The molecule has 25 heavy (non-hydrogen) atoms. The molecule has 0 spiro atoms. The number of carbonyl (C=O) groups excluding carboxylic acids is 1. The molecular formula is C19H26N4O2. The number of hydrogen-bond acceptors (Lipinski definition) is 4. The fourth-order valence-corrected chi connectivity index (χ4v) is 3.51. The molecular weight excluding hydrogens is 316 g/mol. The quantitative estimate of drug-likeness (QED) is 0.875. The second-order valence-corrected chi connectivity index (χ2v) is 6.79. The van der Waals surface area contributed by atoms with Crippen molar-refractivity contribution in [2.45, 2.75) is 32.4 Å². The number of carbonyl (C=O) groups is 1. The lowest BCUT2D eigenvalue weighted by Gasteiger charge is -2.34. The summed E-state index contributed by atoms with van der Waals surface area (Å²) in [6, 6.07) is 7.93. The zero-order chi connectivity index (χ0) is 17.8. The van der Waals surface area contributed by atoms with Gasteiger partial charge in [0.2, 0.25) is 5.91 Å². The van der Waals surface area contributed by atoms with Crippen LogP contribution in [0.3, 0.4) is 0 Å². The number of para-hydroxylation sites is 1. The molecule has 134 valence electrons. The Balaban J connectivity index is 1.58. The molecule has 6 heteroatoms.